The van der Waals surface area contributed by atoms with Crippen LogP contribution < -0.4 is 10.6 Å². The Morgan fingerprint density at radius 3 is 2.23 bits per heavy atom. The molecular formula is C19H14N2O4S. The summed E-state index contributed by atoms with van der Waals surface area (Å²) in [5, 5.41) is 14.6. The van der Waals surface area contributed by atoms with E-state index in [0.29, 0.717) is 17.0 Å². The van der Waals surface area contributed by atoms with E-state index in [0.717, 1.165) is 5.56 Å². The van der Waals surface area contributed by atoms with Gasteiger partial charge in [-0.3, -0.25) is 10.1 Å². The van der Waals surface area contributed by atoms with E-state index >= 15 is 0 Å². The average Bonchev–Trinajstić information content (AvgIpc) is 3.13. The van der Waals surface area contributed by atoms with Gasteiger partial charge in [-0.2, -0.15) is 0 Å². The molecule has 0 unspecified atom stereocenters. The number of aromatic carboxylic acids is 1. The van der Waals surface area contributed by atoms with E-state index in [9.17, 15) is 9.59 Å². The largest absolute Gasteiger partial charge is 0.475 e. The van der Waals surface area contributed by atoms with Crippen molar-refractivity contribution in [3.8, 4) is 11.3 Å². The van der Waals surface area contributed by atoms with Crippen molar-refractivity contribution < 1.29 is 19.1 Å². The van der Waals surface area contributed by atoms with Crippen LogP contribution in [0.4, 0.5) is 5.69 Å². The van der Waals surface area contributed by atoms with Crippen LogP contribution in [0.25, 0.3) is 11.3 Å². The number of rotatable bonds is 4. The molecule has 1 amide bonds. The van der Waals surface area contributed by atoms with Gasteiger partial charge in [0.1, 0.15) is 5.76 Å². The summed E-state index contributed by atoms with van der Waals surface area (Å²) in [4.78, 5) is 22.9. The highest BCUT2D eigenvalue weighted by Crippen LogP contribution is 2.23. The number of nitrogens with one attached hydrogen (secondary N) is 2. The molecule has 1 aromatic heterocycles. The quantitative estimate of drug-likeness (QED) is 0.609. The molecule has 3 rings (SSSR count). The molecular weight excluding hydrogens is 352 g/mol. The van der Waals surface area contributed by atoms with Gasteiger partial charge < -0.3 is 14.8 Å². The van der Waals surface area contributed by atoms with E-state index in [1.54, 1.807) is 54.6 Å². The van der Waals surface area contributed by atoms with Gasteiger partial charge >= 0.3 is 5.97 Å². The second kappa shape index (κ2) is 7.62. The minimum atomic E-state index is -1.12. The minimum Gasteiger partial charge on any atom is -0.475 e. The Kier molecular flexibility index (Phi) is 5.09. The van der Waals surface area contributed by atoms with Crippen LogP contribution >= 0.6 is 12.2 Å². The predicted molar refractivity (Wildman–Crippen MR) is 101 cm³/mol. The van der Waals surface area contributed by atoms with Crippen LogP contribution in [-0.4, -0.2) is 22.1 Å². The lowest BCUT2D eigenvalue weighted by molar-refractivity contribution is 0.0663. The standard InChI is InChI=1S/C19H14N2O4S/c22-17(13-4-2-1-3-5-13)21-19(26)20-14-8-6-12(7-9-14)15-10-11-16(25-15)18(23)24/h1-11H,(H,23,24)(H2,20,21,22,26). The Morgan fingerprint density at radius 2 is 1.62 bits per heavy atom. The number of furan rings is 1. The van der Waals surface area contributed by atoms with Crippen molar-refractivity contribution in [1.82, 2.24) is 5.32 Å². The zero-order valence-electron chi connectivity index (χ0n) is 13.4. The molecule has 0 spiro atoms. The minimum absolute atomic E-state index is 0.119. The molecule has 0 aliphatic heterocycles. The molecule has 26 heavy (non-hydrogen) atoms. The summed E-state index contributed by atoms with van der Waals surface area (Å²) in [6, 6.07) is 18.8. The summed E-state index contributed by atoms with van der Waals surface area (Å²) < 4.78 is 5.25. The number of amides is 1. The van der Waals surface area contributed by atoms with Gasteiger partial charge in [0.15, 0.2) is 5.11 Å². The van der Waals surface area contributed by atoms with Crippen molar-refractivity contribution in [3.63, 3.8) is 0 Å². The van der Waals surface area contributed by atoms with Gasteiger partial charge in [-0.05, 0) is 60.7 Å². The van der Waals surface area contributed by atoms with Crippen LogP contribution in [0.2, 0.25) is 0 Å². The molecule has 0 atom stereocenters. The van der Waals surface area contributed by atoms with E-state index < -0.39 is 5.97 Å². The third-order valence-electron chi connectivity index (χ3n) is 3.51. The van der Waals surface area contributed by atoms with Gasteiger partial charge in [-0.1, -0.05) is 18.2 Å². The zero-order valence-corrected chi connectivity index (χ0v) is 14.2. The maximum Gasteiger partial charge on any atom is 0.371 e. The molecule has 130 valence electrons. The second-order valence-corrected chi connectivity index (χ2v) is 5.73. The van der Waals surface area contributed by atoms with Gasteiger partial charge in [0.05, 0.1) is 0 Å². The van der Waals surface area contributed by atoms with E-state index in [-0.39, 0.29) is 16.8 Å². The summed E-state index contributed by atoms with van der Waals surface area (Å²) in [5.74, 6) is -1.08. The van der Waals surface area contributed by atoms with Crippen molar-refractivity contribution in [2.75, 3.05) is 5.32 Å². The Balaban J connectivity index is 1.62. The SMILES string of the molecule is O=C(NC(=S)Nc1ccc(-c2ccc(C(=O)O)o2)cc1)c1ccccc1. The molecule has 3 N–H and O–H groups in total. The molecule has 1 heterocycles. The van der Waals surface area contributed by atoms with Crippen molar-refractivity contribution in [2.45, 2.75) is 0 Å². The molecule has 2 aromatic carbocycles. The van der Waals surface area contributed by atoms with Gasteiger partial charge in [-0.25, -0.2) is 4.79 Å². The van der Waals surface area contributed by atoms with Gasteiger partial charge in [0, 0.05) is 16.8 Å². The first-order valence-corrected chi connectivity index (χ1v) is 8.05. The molecule has 0 saturated heterocycles. The lowest BCUT2D eigenvalue weighted by Gasteiger charge is -2.10. The Hall–Kier alpha value is -3.45. The highest BCUT2D eigenvalue weighted by molar-refractivity contribution is 7.80. The van der Waals surface area contributed by atoms with Crippen LogP contribution in [0.5, 0.6) is 0 Å². The number of carboxylic acids is 1. The first-order valence-electron chi connectivity index (χ1n) is 7.64. The fraction of sp³-hybridized carbons (Fsp3) is 0. The molecule has 0 fully saturated rings. The topological polar surface area (TPSA) is 91.6 Å². The van der Waals surface area contributed by atoms with Gasteiger partial charge in [-0.15, -0.1) is 0 Å². The molecule has 0 radical (unpaired) electrons. The first kappa shape index (κ1) is 17.4. The third kappa shape index (κ3) is 4.14. The molecule has 0 aliphatic carbocycles. The normalized spacial score (nSPS) is 10.2. The molecule has 0 saturated carbocycles. The summed E-state index contributed by atoms with van der Waals surface area (Å²) in [7, 11) is 0. The van der Waals surface area contributed by atoms with E-state index in [1.807, 2.05) is 6.07 Å². The number of hydrogen-bond donors (Lipinski definition) is 3. The van der Waals surface area contributed by atoms with Crippen molar-refractivity contribution in [1.29, 1.82) is 0 Å². The summed E-state index contributed by atoms with van der Waals surface area (Å²) in [6.45, 7) is 0. The summed E-state index contributed by atoms with van der Waals surface area (Å²) >= 11 is 5.14. The van der Waals surface area contributed by atoms with Crippen molar-refractivity contribution in [2.24, 2.45) is 0 Å². The number of carbonyl (C=O) groups excluding carboxylic acids is 1. The van der Waals surface area contributed by atoms with Crippen molar-refractivity contribution >= 4 is 34.9 Å². The van der Waals surface area contributed by atoms with Crippen LogP contribution in [0.15, 0.2) is 71.1 Å². The molecule has 0 bridgehead atoms. The van der Waals surface area contributed by atoms with E-state index in [1.165, 1.54) is 6.07 Å². The molecule has 7 heteroatoms. The third-order valence-corrected chi connectivity index (χ3v) is 3.71. The van der Waals surface area contributed by atoms with Gasteiger partial charge in [0.25, 0.3) is 5.91 Å². The van der Waals surface area contributed by atoms with E-state index in [2.05, 4.69) is 10.6 Å². The van der Waals surface area contributed by atoms with Crippen LogP contribution in [0, 0.1) is 0 Å². The lowest BCUT2D eigenvalue weighted by atomic mass is 10.1. The monoisotopic (exact) mass is 366 g/mol. The fourth-order valence-electron chi connectivity index (χ4n) is 2.25. The highest BCUT2D eigenvalue weighted by Gasteiger charge is 2.11. The number of hydrogen-bond acceptors (Lipinski definition) is 4. The number of thiocarbonyl (C=S) groups is 1. The fourth-order valence-corrected chi connectivity index (χ4v) is 2.46. The number of carboxylic acid groups (broad SMARTS) is 1. The Morgan fingerprint density at radius 1 is 0.923 bits per heavy atom. The maximum absolute atomic E-state index is 12.0. The summed E-state index contributed by atoms with van der Waals surface area (Å²) in [5.41, 5.74) is 1.92. The second-order valence-electron chi connectivity index (χ2n) is 5.32. The van der Waals surface area contributed by atoms with Crippen LogP contribution in [0.3, 0.4) is 0 Å². The number of anilines is 1. The summed E-state index contributed by atoms with van der Waals surface area (Å²) in [6.07, 6.45) is 0. The highest BCUT2D eigenvalue weighted by atomic mass is 32.1. The van der Waals surface area contributed by atoms with Crippen molar-refractivity contribution in [3.05, 3.63) is 78.1 Å². The molecule has 6 nitrogen and oxygen atoms in total. The average molecular weight is 366 g/mol. The van der Waals surface area contributed by atoms with Gasteiger partial charge in [0.2, 0.25) is 5.76 Å². The smallest absolute Gasteiger partial charge is 0.371 e. The van der Waals surface area contributed by atoms with Crippen LogP contribution in [0.1, 0.15) is 20.9 Å². The first-order chi connectivity index (χ1) is 12.5. The Bertz CT molecular complexity index is 949. The zero-order chi connectivity index (χ0) is 18.5. The predicted octanol–water partition coefficient (Wildman–Crippen LogP) is 3.77. The Labute approximate surface area is 154 Å². The maximum atomic E-state index is 12.0. The molecule has 3 aromatic rings. The number of benzene rings is 2. The number of carbonyl (C=O) groups is 2. The molecule has 0 aliphatic rings. The lowest BCUT2D eigenvalue weighted by Crippen LogP contribution is -2.34. The van der Waals surface area contributed by atoms with Crippen LogP contribution in [-0.2, 0) is 0 Å². The van der Waals surface area contributed by atoms with E-state index in [4.69, 9.17) is 21.7 Å².